The third kappa shape index (κ3) is 7.21. The lowest BCUT2D eigenvalue weighted by Crippen LogP contribution is -2.55. The predicted molar refractivity (Wildman–Crippen MR) is 178 cm³/mol. The number of likely N-dealkylation sites (tertiary alicyclic amines) is 1. The number of likely N-dealkylation sites (N-methyl/N-ethyl adjacent to an activating group) is 1. The van der Waals surface area contributed by atoms with Crippen molar-refractivity contribution in [3.63, 3.8) is 0 Å². The summed E-state index contributed by atoms with van der Waals surface area (Å²) in [6, 6.07) is 3.24. The summed E-state index contributed by atoms with van der Waals surface area (Å²) in [7, 11) is 3.14. The van der Waals surface area contributed by atoms with Gasteiger partial charge in [0.25, 0.3) is 0 Å². The minimum absolute atomic E-state index is 0.0278. The molecule has 1 saturated carbocycles. The number of benzene rings is 1. The third-order valence-electron chi connectivity index (χ3n) is 9.02. The number of fused-ring (bicyclic) bond motifs is 1. The van der Waals surface area contributed by atoms with Gasteiger partial charge in [0.2, 0.25) is 5.91 Å². The van der Waals surface area contributed by atoms with Gasteiger partial charge in [-0.15, -0.1) is 24.5 Å². The molecule has 0 radical (unpaired) electrons. The van der Waals surface area contributed by atoms with E-state index in [0.717, 1.165) is 36.0 Å². The van der Waals surface area contributed by atoms with Gasteiger partial charge < -0.3 is 29.7 Å². The van der Waals surface area contributed by atoms with Crippen molar-refractivity contribution < 1.29 is 42.1 Å². The Labute approximate surface area is 285 Å². The summed E-state index contributed by atoms with van der Waals surface area (Å²) in [6.45, 7) is 9.53. The molecule has 4 atom stereocenters. The summed E-state index contributed by atoms with van der Waals surface area (Å²) in [4.78, 5) is 50.9. The molecule has 15 heteroatoms. The Kier molecular flexibility index (Phi) is 10.2. The zero-order chi connectivity index (χ0) is 35.7. The molecule has 3 amide bonds. The first-order valence-electron chi connectivity index (χ1n) is 15.7. The average molecular weight is 702 g/mol. The lowest BCUT2D eigenvalue weighted by molar-refractivity contribution is -0.141. The number of ether oxygens (including phenoxy) is 2. The highest BCUT2D eigenvalue weighted by atomic mass is 32.1. The zero-order valence-corrected chi connectivity index (χ0v) is 28.2. The van der Waals surface area contributed by atoms with Gasteiger partial charge in [-0.25, -0.2) is 19.6 Å². The van der Waals surface area contributed by atoms with Gasteiger partial charge in [0, 0.05) is 48.3 Å². The second kappa shape index (κ2) is 14.1. The summed E-state index contributed by atoms with van der Waals surface area (Å²) in [5.74, 6) is -1.22. The van der Waals surface area contributed by atoms with Gasteiger partial charge in [0.05, 0.1) is 19.2 Å². The highest BCUT2D eigenvalue weighted by Gasteiger charge is 2.61. The molecule has 3 aromatic rings. The van der Waals surface area contributed by atoms with Crippen molar-refractivity contribution in [2.75, 3.05) is 27.2 Å². The van der Waals surface area contributed by atoms with Crippen LogP contribution in [-0.4, -0.2) is 87.7 Å². The van der Waals surface area contributed by atoms with Crippen molar-refractivity contribution >= 4 is 40.1 Å². The van der Waals surface area contributed by atoms with Crippen LogP contribution in [0.2, 0.25) is 0 Å². The number of aliphatic carboxylic acids is 1. The molecule has 1 aromatic carbocycles. The molecule has 2 aliphatic rings. The Hall–Kier alpha value is -4.66. The maximum atomic E-state index is 13.8. The summed E-state index contributed by atoms with van der Waals surface area (Å²) < 4.78 is 52.2. The minimum Gasteiger partial charge on any atom is -0.496 e. The number of unbranched alkanes of at least 4 members (excludes halogenated alkanes) is 2. The van der Waals surface area contributed by atoms with Gasteiger partial charge in [0.1, 0.15) is 39.9 Å². The quantitative estimate of drug-likeness (QED) is 0.162. The molecule has 11 nitrogen and oxygen atoms in total. The largest absolute Gasteiger partial charge is 0.496 e. The molecule has 1 aliphatic heterocycles. The minimum atomic E-state index is -4.64. The molecule has 5 rings (SSSR count). The number of hydrogen-bond acceptors (Lipinski definition) is 8. The van der Waals surface area contributed by atoms with E-state index in [2.05, 4.69) is 28.4 Å². The number of alkyl halides is 3. The highest BCUT2D eigenvalue weighted by Crippen LogP contribution is 2.45. The van der Waals surface area contributed by atoms with Crippen LogP contribution in [-0.2, 0) is 15.8 Å². The first-order valence-corrected chi connectivity index (χ1v) is 16.6. The van der Waals surface area contributed by atoms with Gasteiger partial charge in [0.15, 0.2) is 5.69 Å². The molecule has 2 aromatic heterocycles. The zero-order valence-electron chi connectivity index (χ0n) is 27.4. The number of amides is 3. The predicted octanol–water partition coefficient (Wildman–Crippen LogP) is 6.07. The van der Waals surface area contributed by atoms with Crippen LogP contribution in [0.25, 0.3) is 21.6 Å². The number of urea groups is 1. The molecule has 2 N–H and O–H groups in total. The maximum Gasteiger partial charge on any atom is 0.434 e. The van der Waals surface area contributed by atoms with E-state index in [1.807, 2.05) is 0 Å². The molecular weight excluding hydrogens is 663 g/mol. The Morgan fingerprint density at radius 2 is 1.98 bits per heavy atom. The molecular formula is C34H38F3N5O6S. The number of aromatic nitrogens is 2. The number of thiazole rings is 1. The van der Waals surface area contributed by atoms with Gasteiger partial charge >= 0.3 is 18.2 Å². The topological polar surface area (TPSA) is 134 Å². The SMILES string of the molecule is C=CCCCCN(C)C(=O)[C@@H]1C[C@H](Oc2cc(-c3nc(C(F)(F)F)cs3)nc3c(C)c(OC)ccc23)CN1C(=O)N[C@]1(C(=O)O)C[C@H]1C=C. The number of hydrogen-bond donors (Lipinski definition) is 2. The number of nitrogens with zero attached hydrogens (tertiary/aromatic N) is 4. The fourth-order valence-corrected chi connectivity index (χ4v) is 6.92. The van der Waals surface area contributed by atoms with Crippen LogP contribution in [0.5, 0.6) is 11.5 Å². The fourth-order valence-electron chi connectivity index (χ4n) is 6.13. The fraction of sp³-hybridized carbons (Fsp3) is 0.441. The van der Waals surface area contributed by atoms with Crippen molar-refractivity contribution in [1.29, 1.82) is 0 Å². The highest BCUT2D eigenvalue weighted by molar-refractivity contribution is 7.13. The number of carbonyl (C=O) groups excluding carboxylic acids is 2. The maximum absolute atomic E-state index is 13.8. The van der Waals surface area contributed by atoms with Crippen LogP contribution in [0.4, 0.5) is 18.0 Å². The number of carboxylic acids is 1. The van der Waals surface area contributed by atoms with Gasteiger partial charge in [-0.3, -0.25) is 4.79 Å². The van der Waals surface area contributed by atoms with Crippen LogP contribution in [0.15, 0.2) is 48.9 Å². The number of aryl methyl sites for hydroxylation is 1. The van der Waals surface area contributed by atoms with E-state index < -0.39 is 47.5 Å². The number of methoxy groups -OCH3 is 1. The van der Waals surface area contributed by atoms with E-state index in [-0.39, 0.29) is 41.7 Å². The summed E-state index contributed by atoms with van der Waals surface area (Å²) in [5.41, 5.74) is -1.37. The van der Waals surface area contributed by atoms with E-state index in [1.54, 1.807) is 37.1 Å². The average Bonchev–Trinajstić information content (AvgIpc) is 3.36. The smallest absolute Gasteiger partial charge is 0.434 e. The van der Waals surface area contributed by atoms with Crippen molar-refractivity contribution in [2.24, 2.45) is 5.92 Å². The van der Waals surface area contributed by atoms with Crippen LogP contribution < -0.4 is 14.8 Å². The van der Waals surface area contributed by atoms with E-state index in [0.29, 0.717) is 28.8 Å². The van der Waals surface area contributed by atoms with Gasteiger partial charge in [-0.05, 0) is 44.7 Å². The molecule has 262 valence electrons. The first kappa shape index (κ1) is 35.6. The van der Waals surface area contributed by atoms with Crippen molar-refractivity contribution in [3.8, 4) is 22.2 Å². The van der Waals surface area contributed by atoms with Crippen molar-refractivity contribution in [1.82, 2.24) is 25.1 Å². The Morgan fingerprint density at radius 3 is 2.59 bits per heavy atom. The Bertz CT molecular complexity index is 1780. The summed E-state index contributed by atoms with van der Waals surface area (Å²) in [6.07, 6.45) is 0.503. The van der Waals surface area contributed by atoms with Crippen molar-refractivity contribution in [3.05, 3.63) is 60.1 Å². The number of halogens is 3. The second-order valence-corrected chi connectivity index (χ2v) is 13.1. The normalized spacial score (nSPS) is 21.7. The number of nitrogens with one attached hydrogen (secondary N) is 1. The molecule has 0 bridgehead atoms. The lowest BCUT2D eigenvalue weighted by atomic mass is 10.1. The molecule has 3 heterocycles. The molecule has 49 heavy (non-hydrogen) atoms. The molecule has 0 unspecified atom stereocenters. The Morgan fingerprint density at radius 1 is 1.22 bits per heavy atom. The van der Waals surface area contributed by atoms with Crippen molar-refractivity contribution in [2.45, 2.75) is 62.9 Å². The molecule has 1 aliphatic carbocycles. The first-order chi connectivity index (χ1) is 23.2. The Balaban J connectivity index is 1.48. The van der Waals surface area contributed by atoms with E-state index >= 15 is 0 Å². The molecule has 1 saturated heterocycles. The number of carbonyl (C=O) groups is 3. The van der Waals surface area contributed by atoms with Gasteiger partial charge in [-0.2, -0.15) is 13.2 Å². The van der Waals surface area contributed by atoms with E-state index in [9.17, 15) is 32.7 Å². The van der Waals surface area contributed by atoms with Crippen LogP contribution in [0.1, 0.15) is 43.4 Å². The number of carboxylic acid groups (broad SMARTS) is 1. The second-order valence-electron chi connectivity index (χ2n) is 12.3. The summed E-state index contributed by atoms with van der Waals surface area (Å²) in [5, 5.41) is 14.0. The third-order valence-corrected chi connectivity index (χ3v) is 9.89. The van der Waals surface area contributed by atoms with Gasteiger partial charge in [-0.1, -0.05) is 12.2 Å². The van der Waals surface area contributed by atoms with Crippen LogP contribution in [0, 0.1) is 12.8 Å². The van der Waals surface area contributed by atoms with Crippen LogP contribution in [0.3, 0.4) is 0 Å². The van der Waals surface area contributed by atoms with E-state index in [4.69, 9.17) is 9.47 Å². The lowest BCUT2D eigenvalue weighted by Gasteiger charge is -2.29. The van der Waals surface area contributed by atoms with Crippen LogP contribution >= 0.6 is 11.3 Å². The van der Waals surface area contributed by atoms with E-state index in [1.165, 1.54) is 24.2 Å². The molecule has 2 fully saturated rings. The molecule has 0 spiro atoms. The number of rotatable bonds is 13. The number of pyridine rings is 1. The monoisotopic (exact) mass is 701 g/mol. The number of allylic oxidation sites excluding steroid dienone is 1. The summed E-state index contributed by atoms with van der Waals surface area (Å²) >= 11 is 0.790. The standard InChI is InChI=1S/C34H38F3N5O6S/c1-6-8-9-10-13-41(4)30(43)24-14-21(17-42(24)32(46)40-33(31(44)45)16-20(33)7-2)48-26-15-23(29-39-27(18-49-29)34(35,36)37)38-28-19(3)25(47-5)12-11-22(26)28/h6-7,11-12,15,18,20-21,24H,1-2,8-10,13-14,16-17H2,3-5H3,(H,40,46)(H,44,45)/t20-,21+,24+,33-/m1/s1.